The Morgan fingerprint density at radius 1 is 0.981 bits per heavy atom. The fourth-order valence-corrected chi connectivity index (χ4v) is 10.3. The van der Waals surface area contributed by atoms with Crippen LogP contribution in [0.25, 0.3) is 0 Å². The van der Waals surface area contributed by atoms with Crippen LogP contribution < -0.4 is 0 Å². The van der Waals surface area contributed by atoms with Crippen LogP contribution in [0.1, 0.15) is 98.0 Å². The molecular weight excluding hydrogens is 705 g/mol. The largest absolute Gasteiger partial charge is 0.389 e. The molecule has 0 radical (unpaired) electrons. The predicted molar refractivity (Wildman–Crippen MR) is 203 cm³/mol. The van der Waals surface area contributed by atoms with E-state index in [1.165, 1.54) is 0 Å². The van der Waals surface area contributed by atoms with E-state index >= 15 is 0 Å². The molecule has 296 valence electrons. The molecule has 1 aromatic carbocycles. The van der Waals surface area contributed by atoms with Gasteiger partial charge in [-0.25, -0.2) is 8.42 Å². The summed E-state index contributed by atoms with van der Waals surface area (Å²) in [5.41, 5.74) is 2.60. The first-order valence-corrected chi connectivity index (χ1v) is 22.7. The van der Waals surface area contributed by atoms with Gasteiger partial charge in [0.25, 0.3) is 10.1 Å². The molecule has 3 aliphatic rings. The lowest BCUT2D eigenvalue weighted by Crippen LogP contribution is -2.32. The molecule has 0 spiro atoms. The first kappa shape index (κ1) is 43.1. The Balaban J connectivity index is 1.38. The van der Waals surface area contributed by atoms with Crippen LogP contribution in [-0.4, -0.2) is 90.1 Å². The molecule has 1 N–H and O–H groups in total. The van der Waals surface area contributed by atoms with Crippen molar-refractivity contribution in [3.05, 3.63) is 54.1 Å². The molecule has 3 heterocycles. The summed E-state index contributed by atoms with van der Waals surface area (Å²) in [6.45, 7) is 20.0. The first-order chi connectivity index (χ1) is 24.5. The lowest BCUT2D eigenvalue weighted by Gasteiger charge is -2.28. The van der Waals surface area contributed by atoms with Crippen LogP contribution in [0, 0.1) is 23.7 Å². The van der Waals surface area contributed by atoms with Crippen molar-refractivity contribution >= 4 is 20.0 Å². The van der Waals surface area contributed by atoms with Gasteiger partial charge in [0, 0.05) is 18.8 Å². The minimum atomic E-state index is -3.76. The molecule has 3 aliphatic heterocycles. The molecule has 52 heavy (non-hydrogen) atoms. The summed E-state index contributed by atoms with van der Waals surface area (Å²) in [6, 6.07) is 7.08. The lowest BCUT2D eigenvalue weighted by molar-refractivity contribution is -0.0588. The zero-order valence-corrected chi connectivity index (χ0v) is 33.8. The number of aliphatic hydroxyl groups excluding tert-OH is 1. The van der Waals surface area contributed by atoms with Gasteiger partial charge in [-0.1, -0.05) is 66.3 Å². The van der Waals surface area contributed by atoms with Gasteiger partial charge in [0.2, 0.25) is 0 Å². The fourth-order valence-electron chi connectivity index (χ4n) is 7.84. The van der Waals surface area contributed by atoms with E-state index in [4.69, 9.17) is 23.1 Å². The summed E-state index contributed by atoms with van der Waals surface area (Å²) in [5, 5.41) is 11.5. The number of rotatable bonds is 21. The number of sulfone groups is 1. The Morgan fingerprint density at radius 3 is 2.27 bits per heavy atom. The van der Waals surface area contributed by atoms with E-state index in [9.17, 15) is 21.9 Å². The highest BCUT2D eigenvalue weighted by Gasteiger charge is 2.45. The van der Waals surface area contributed by atoms with Gasteiger partial charge in [-0.3, -0.25) is 4.18 Å². The summed E-state index contributed by atoms with van der Waals surface area (Å²) in [6.07, 6.45) is 4.84. The van der Waals surface area contributed by atoms with Crippen molar-refractivity contribution in [2.45, 2.75) is 147 Å². The zero-order chi connectivity index (χ0) is 38.2. The van der Waals surface area contributed by atoms with E-state index in [0.29, 0.717) is 48.9 Å². The van der Waals surface area contributed by atoms with Crippen molar-refractivity contribution in [3.8, 4) is 0 Å². The van der Waals surface area contributed by atoms with Crippen LogP contribution in [0.2, 0.25) is 0 Å². The normalized spacial score (nSPS) is 28.2. The summed E-state index contributed by atoms with van der Waals surface area (Å²) < 4.78 is 81.5. The van der Waals surface area contributed by atoms with Crippen molar-refractivity contribution in [3.63, 3.8) is 0 Å². The van der Waals surface area contributed by atoms with Gasteiger partial charge >= 0.3 is 0 Å². The second-order valence-corrected chi connectivity index (χ2v) is 19.2. The highest BCUT2D eigenvalue weighted by molar-refractivity contribution is 7.91. The van der Waals surface area contributed by atoms with E-state index in [1.54, 1.807) is 12.1 Å². The third kappa shape index (κ3) is 12.4. The maximum absolute atomic E-state index is 13.7. The standard InChI is InChI=1S/C40H64O10S2/c1-9-26(3)21-38-30(7)35(25-52(44,45)34-15-11-31(10-2)12-16-34)39(49-38)24-36(41)29(6)27(4)22-33(50-51(8,42)43)13-17-37-28(5)23-32(48-37)14-18-40-46-19-20-47-40/h11-12,15-16,26-27,30,32-33,35-41H,5-6,9-10,13-14,17-25H2,1-4,7-8H3/t26-,27-,30-,32+,33-,35-,36-,37?,38-,39+/m1/s1. The van der Waals surface area contributed by atoms with Gasteiger partial charge in [0.05, 0.1) is 66.7 Å². The van der Waals surface area contributed by atoms with Crippen molar-refractivity contribution in [1.82, 2.24) is 0 Å². The van der Waals surface area contributed by atoms with E-state index in [2.05, 4.69) is 33.9 Å². The van der Waals surface area contributed by atoms with Crippen molar-refractivity contribution in [2.75, 3.05) is 25.2 Å². The number of aryl methyl sites for hydroxylation is 1. The molecule has 0 aromatic heterocycles. The maximum Gasteiger partial charge on any atom is 0.264 e. The van der Waals surface area contributed by atoms with Crippen LogP contribution in [0.4, 0.5) is 0 Å². The van der Waals surface area contributed by atoms with Crippen LogP contribution in [-0.2, 0) is 49.5 Å². The Morgan fingerprint density at radius 2 is 1.65 bits per heavy atom. The molecule has 10 atom stereocenters. The second kappa shape index (κ2) is 19.3. The third-order valence-electron chi connectivity index (χ3n) is 11.4. The highest BCUT2D eigenvalue weighted by Crippen LogP contribution is 2.41. The van der Waals surface area contributed by atoms with Gasteiger partial charge in [0.1, 0.15) is 0 Å². The fraction of sp³-hybridized carbons (Fsp3) is 0.750. The van der Waals surface area contributed by atoms with Crippen LogP contribution in [0.15, 0.2) is 53.5 Å². The summed E-state index contributed by atoms with van der Waals surface area (Å²) in [7, 11) is -7.37. The SMILES string of the molecule is C=C1C[C@H](CCC2OCCO2)OC1CC[C@H](C[C@@H](C)C(=C)[C@H](O)C[C@@H]1O[C@H](C[C@H](C)CC)[C@H](C)[C@H]1CS(=O)(=O)c1ccc(CC)cc1)OS(C)(=O)=O. The quantitative estimate of drug-likeness (QED) is 0.105. The molecule has 3 fully saturated rings. The van der Waals surface area contributed by atoms with Gasteiger partial charge in [-0.05, 0) is 91.5 Å². The molecule has 0 amide bonds. The number of benzene rings is 1. The van der Waals surface area contributed by atoms with Crippen molar-refractivity contribution < 1.29 is 45.1 Å². The summed E-state index contributed by atoms with van der Waals surface area (Å²) >= 11 is 0. The molecule has 0 aliphatic carbocycles. The minimum absolute atomic E-state index is 0.0131. The highest BCUT2D eigenvalue weighted by atomic mass is 32.2. The van der Waals surface area contributed by atoms with E-state index in [0.717, 1.165) is 55.9 Å². The van der Waals surface area contributed by atoms with Crippen molar-refractivity contribution in [2.24, 2.45) is 23.7 Å². The molecule has 1 unspecified atom stereocenters. The Bertz CT molecular complexity index is 1520. The van der Waals surface area contributed by atoms with Gasteiger partial charge in [-0.15, -0.1) is 0 Å². The van der Waals surface area contributed by atoms with E-state index in [-0.39, 0.29) is 54.5 Å². The molecule has 3 saturated heterocycles. The Labute approximate surface area is 313 Å². The average Bonchev–Trinajstić information content (AvgIpc) is 3.81. The molecule has 1 aromatic rings. The van der Waals surface area contributed by atoms with E-state index < -0.39 is 38.3 Å². The third-order valence-corrected chi connectivity index (χ3v) is 13.9. The van der Waals surface area contributed by atoms with Crippen LogP contribution in [0.3, 0.4) is 0 Å². The molecule has 0 bridgehead atoms. The number of hydrogen-bond donors (Lipinski definition) is 1. The summed E-state index contributed by atoms with van der Waals surface area (Å²) in [5.74, 6) is -0.285. The number of hydrogen-bond acceptors (Lipinski definition) is 10. The van der Waals surface area contributed by atoms with Crippen LogP contribution in [0.5, 0.6) is 0 Å². The maximum atomic E-state index is 13.7. The number of aliphatic hydroxyl groups is 1. The summed E-state index contributed by atoms with van der Waals surface area (Å²) in [4.78, 5) is 0.298. The molecule has 10 nitrogen and oxygen atoms in total. The topological polar surface area (TPSA) is 135 Å². The van der Waals surface area contributed by atoms with E-state index in [1.807, 2.05) is 26.0 Å². The molecule has 12 heteroatoms. The molecule has 0 saturated carbocycles. The first-order valence-electron chi connectivity index (χ1n) is 19.3. The second-order valence-electron chi connectivity index (χ2n) is 15.6. The predicted octanol–water partition coefficient (Wildman–Crippen LogP) is 6.80. The monoisotopic (exact) mass is 768 g/mol. The molecule has 4 rings (SSSR count). The minimum Gasteiger partial charge on any atom is -0.389 e. The Hall–Kier alpha value is -1.64. The van der Waals surface area contributed by atoms with Crippen LogP contribution >= 0.6 is 0 Å². The molecular formula is C40H64O10S2. The zero-order valence-electron chi connectivity index (χ0n) is 32.2. The van der Waals surface area contributed by atoms with Gasteiger partial charge < -0.3 is 24.1 Å². The van der Waals surface area contributed by atoms with Gasteiger partial charge in [-0.2, -0.15) is 8.42 Å². The smallest absolute Gasteiger partial charge is 0.264 e. The van der Waals surface area contributed by atoms with Crippen molar-refractivity contribution in [1.29, 1.82) is 0 Å². The lowest BCUT2D eigenvalue weighted by atomic mass is 9.83. The number of ether oxygens (including phenoxy) is 4. The Kier molecular flexibility index (Phi) is 16.0. The average molecular weight is 769 g/mol. The van der Waals surface area contributed by atoms with Gasteiger partial charge in [0.15, 0.2) is 16.1 Å².